The maximum absolute atomic E-state index is 5.63. The normalized spacial score (nSPS) is 9.38. The fourth-order valence-corrected chi connectivity index (χ4v) is 1.36. The summed E-state index contributed by atoms with van der Waals surface area (Å²) in [6.07, 6.45) is 3.53. The predicted molar refractivity (Wildman–Crippen MR) is 67.4 cm³/mol. The van der Waals surface area contributed by atoms with Gasteiger partial charge < -0.3 is 10.5 Å². The third-order valence-electron chi connectivity index (χ3n) is 2.19. The third kappa shape index (κ3) is 4.86. The van der Waals surface area contributed by atoms with Crippen LogP contribution in [-0.4, -0.2) is 13.2 Å². The van der Waals surface area contributed by atoms with Crippen molar-refractivity contribution in [1.29, 1.82) is 0 Å². The molecule has 0 unspecified atom stereocenters. The number of ether oxygens (including phenoxy) is 1. The molecule has 0 aliphatic carbocycles. The van der Waals surface area contributed by atoms with Crippen molar-refractivity contribution in [3.63, 3.8) is 0 Å². The van der Waals surface area contributed by atoms with Gasteiger partial charge in [-0.3, -0.25) is 0 Å². The first-order valence-corrected chi connectivity index (χ1v) is 5.78. The van der Waals surface area contributed by atoms with Gasteiger partial charge in [-0.15, -0.1) is 0 Å². The van der Waals surface area contributed by atoms with Crippen LogP contribution in [0.4, 0.5) is 0 Å². The minimum Gasteiger partial charge on any atom is -0.494 e. The van der Waals surface area contributed by atoms with Crippen molar-refractivity contribution < 1.29 is 4.74 Å². The summed E-state index contributed by atoms with van der Waals surface area (Å²) < 4.78 is 5.63. The van der Waals surface area contributed by atoms with Crippen molar-refractivity contribution in [2.24, 2.45) is 5.73 Å². The fourth-order valence-electron chi connectivity index (χ4n) is 1.36. The highest BCUT2D eigenvalue weighted by molar-refractivity contribution is 5.39. The van der Waals surface area contributed by atoms with Crippen LogP contribution in [-0.2, 0) is 0 Å². The van der Waals surface area contributed by atoms with Crippen molar-refractivity contribution in [1.82, 2.24) is 0 Å². The summed E-state index contributed by atoms with van der Waals surface area (Å²) in [5.74, 6) is 6.71. The molecule has 2 nitrogen and oxygen atoms in total. The third-order valence-corrected chi connectivity index (χ3v) is 2.19. The smallest absolute Gasteiger partial charge is 0.120 e. The topological polar surface area (TPSA) is 35.2 Å². The molecular weight excluding hydrogens is 198 g/mol. The Balaban J connectivity index is 2.47. The van der Waals surface area contributed by atoms with Gasteiger partial charge in [-0.05, 0) is 24.6 Å². The van der Waals surface area contributed by atoms with E-state index in [2.05, 4.69) is 18.8 Å². The number of benzene rings is 1. The molecule has 86 valence electrons. The molecule has 0 atom stereocenters. The fraction of sp³-hybridized carbons (Fsp3) is 0.429. The lowest BCUT2D eigenvalue weighted by molar-refractivity contribution is 0.306. The van der Waals surface area contributed by atoms with E-state index in [4.69, 9.17) is 10.5 Å². The van der Waals surface area contributed by atoms with E-state index in [9.17, 15) is 0 Å². The Morgan fingerprint density at radius 3 is 2.94 bits per heavy atom. The Hall–Kier alpha value is -1.46. The molecule has 0 fully saturated rings. The van der Waals surface area contributed by atoms with Crippen LogP contribution in [0.3, 0.4) is 0 Å². The molecule has 0 heterocycles. The second-order valence-electron chi connectivity index (χ2n) is 3.59. The van der Waals surface area contributed by atoms with Gasteiger partial charge in [0.1, 0.15) is 5.75 Å². The van der Waals surface area contributed by atoms with Gasteiger partial charge in [-0.1, -0.05) is 37.7 Å². The van der Waals surface area contributed by atoms with Crippen LogP contribution in [0.2, 0.25) is 0 Å². The monoisotopic (exact) mass is 217 g/mol. The van der Waals surface area contributed by atoms with Crippen LogP contribution in [0.25, 0.3) is 0 Å². The molecule has 2 heteroatoms. The molecule has 0 radical (unpaired) electrons. The Labute approximate surface area is 97.8 Å². The van der Waals surface area contributed by atoms with Gasteiger partial charge >= 0.3 is 0 Å². The van der Waals surface area contributed by atoms with Crippen LogP contribution in [0, 0.1) is 11.8 Å². The van der Waals surface area contributed by atoms with E-state index in [1.807, 2.05) is 24.3 Å². The quantitative estimate of drug-likeness (QED) is 0.607. The molecule has 1 aromatic rings. The summed E-state index contributed by atoms with van der Waals surface area (Å²) >= 11 is 0. The molecule has 0 saturated heterocycles. The van der Waals surface area contributed by atoms with Crippen molar-refractivity contribution in [3.05, 3.63) is 29.8 Å². The summed E-state index contributed by atoms with van der Waals surface area (Å²) in [5.41, 5.74) is 6.28. The molecule has 0 amide bonds. The van der Waals surface area contributed by atoms with E-state index >= 15 is 0 Å². The first kappa shape index (κ1) is 12.6. The van der Waals surface area contributed by atoms with Crippen LogP contribution < -0.4 is 10.5 Å². The zero-order chi connectivity index (χ0) is 11.6. The lowest BCUT2D eigenvalue weighted by Gasteiger charge is -2.05. The van der Waals surface area contributed by atoms with Crippen molar-refractivity contribution >= 4 is 0 Å². The van der Waals surface area contributed by atoms with E-state index < -0.39 is 0 Å². The first-order valence-electron chi connectivity index (χ1n) is 5.78. The van der Waals surface area contributed by atoms with Crippen LogP contribution in [0.5, 0.6) is 5.75 Å². The zero-order valence-electron chi connectivity index (χ0n) is 9.83. The van der Waals surface area contributed by atoms with Gasteiger partial charge in [-0.2, -0.15) is 0 Å². The van der Waals surface area contributed by atoms with Crippen molar-refractivity contribution in [2.45, 2.75) is 26.2 Å². The Morgan fingerprint density at radius 2 is 2.19 bits per heavy atom. The average Bonchev–Trinajstić information content (AvgIpc) is 2.33. The van der Waals surface area contributed by atoms with Gasteiger partial charge in [0, 0.05) is 5.56 Å². The Bertz CT molecular complexity index is 362. The highest BCUT2D eigenvalue weighted by Crippen LogP contribution is 2.13. The summed E-state index contributed by atoms with van der Waals surface area (Å²) in [6.45, 7) is 3.35. The summed E-state index contributed by atoms with van der Waals surface area (Å²) in [7, 11) is 0. The molecule has 0 spiro atoms. The van der Waals surface area contributed by atoms with Crippen LogP contribution in [0.1, 0.15) is 31.7 Å². The summed E-state index contributed by atoms with van der Waals surface area (Å²) in [5, 5.41) is 0. The maximum atomic E-state index is 5.63. The molecule has 16 heavy (non-hydrogen) atoms. The highest BCUT2D eigenvalue weighted by Gasteiger charge is 1.94. The van der Waals surface area contributed by atoms with Gasteiger partial charge in [0.05, 0.1) is 13.2 Å². The summed E-state index contributed by atoms with van der Waals surface area (Å²) in [4.78, 5) is 0. The van der Waals surface area contributed by atoms with E-state index in [-0.39, 0.29) is 0 Å². The van der Waals surface area contributed by atoms with Gasteiger partial charge in [0.25, 0.3) is 0 Å². The SMILES string of the molecule is CCCCCOc1cccc(C#CCN)c1. The van der Waals surface area contributed by atoms with Gasteiger partial charge in [0.15, 0.2) is 0 Å². The average molecular weight is 217 g/mol. The number of unbranched alkanes of at least 4 members (excludes halogenated alkanes) is 2. The Kier molecular flexibility index (Phi) is 6.13. The molecule has 0 aliphatic rings. The highest BCUT2D eigenvalue weighted by atomic mass is 16.5. The molecule has 0 aliphatic heterocycles. The standard InChI is InChI=1S/C14H19NO/c1-2-3-4-11-16-14-9-5-7-13(12-14)8-6-10-15/h5,7,9,12H,2-4,10-11,15H2,1H3. The van der Waals surface area contributed by atoms with E-state index in [0.29, 0.717) is 6.54 Å². The largest absolute Gasteiger partial charge is 0.494 e. The number of hydrogen-bond donors (Lipinski definition) is 1. The van der Waals surface area contributed by atoms with Crippen molar-refractivity contribution in [3.8, 4) is 17.6 Å². The zero-order valence-corrected chi connectivity index (χ0v) is 9.83. The molecule has 0 saturated carbocycles. The molecule has 1 rings (SSSR count). The molecular formula is C14H19NO. The van der Waals surface area contributed by atoms with E-state index in [0.717, 1.165) is 24.3 Å². The van der Waals surface area contributed by atoms with Crippen LogP contribution >= 0.6 is 0 Å². The lowest BCUT2D eigenvalue weighted by atomic mass is 10.2. The van der Waals surface area contributed by atoms with Gasteiger partial charge in [-0.25, -0.2) is 0 Å². The van der Waals surface area contributed by atoms with Crippen LogP contribution in [0.15, 0.2) is 24.3 Å². The Morgan fingerprint density at radius 1 is 1.31 bits per heavy atom. The van der Waals surface area contributed by atoms with Crippen molar-refractivity contribution in [2.75, 3.05) is 13.2 Å². The van der Waals surface area contributed by atoms with Gasteiger partial charge in [0.2, 0.25) is 0 Å². The molecule has 1 aromatic carbocycles. The predicted octanol–water partition coefficient (Wildman–Crippen LogP) is 2.57. The van der Waals surface area contributed by atoms with E-state index in [1.165, 1.54) is 12.8 Å². The number of rotatable bonds is 5. The second kappa shape index (κ2) is 7.78. The molecule has 0 bridgehead atoms. The van der Waals surface area contributed by atoms with E-state index in [1.54, 1.807) is 0 Å². The number of nitrogens with two attached hydrogens (primary N) is 1. The number of hydrogen-bond acceptors (Lipinski definition) is 2. The lowest BCUT2D eigenvalue weighted by Crippen LogP contribution is -1.97. The summed E-state index contributed by atoms with van der Waals surface area (Å²) in [6, 6.07) is 7.82. The minimum absolute atomic E-state index is 0.390. The second-order valence-corrected chi connectivity index (χ2v) is 3.59. The first-order chi connectivity index (χ1) is 7.86. The molecule has 0 aromatic heterocycles. The molecule has 2 N–H and O–H groups in total. The minimum atomic E-state index is 0.390. The maximum Gasteiger partial charge on any atom is 0.120 e.